The molecule has 0 fully saturated rings. The quantitative estimate of drug-likeness (QED) is 0.770. The first-order chi connectivity index (χ1) is 7.24. The number of anilines is 1. The van der Waals surface area contributed by atoms with E-state index in [-0.39, 0.29) is 5.91 Å². The number of carbonyl (C=O) groups is 1. The number of hydrogen-bond donors (Lipinski definition) is 1. The van der Waals surface area contributed by atoms with Crippen LogP contribution in [0.4, 0.5) is 5.69 Å². The van der Waals surface area contributed by atoms with Crippen molar-refractivity contribution < 1.29 is 4.79 Å². The van der Waals surface area contributed by atoms with E-state index in [1.54, 1.807) is 11.0 Å². The molecule has 1 unspecified atom stereocenters. The van der Waals surface area contributed by atoms with Crippen LogP contribution < -0.4 is 10.6 Å². The zero-order valence-corrected chi connectivity index (χ0v) is 9.04. The summed E-state index contributed by atoms with van der Waals surface area (Å²) in [6.45, 7) is 4.15. The Morgan fingerprint density at radius 1 is 1.53 bits per heavy atom. The van der Waals surface area contributed by atoms with E-state index < -0.39 is 5.37 Å². The maximum absolute atomic E-state index is 11.8. The van der Waals surface area contributed by atoms with Gasteiger partial charge in [0.05, 0.1) is 5.69 Å². The molecular formula is C11H12N2OS. The van der Waals surface area contributed by atoms with Crippen molar-refractivity contribution in [3.63, 3.8) is 0 Å². The highest BCUT2D eigenvalue weighted by molar-refractivity contribution is 8.00. The van der Waals surface area contributed by atoms with Crippen LogP contribution in [0.5, 0.6) is 0 Å². The molecule has 78 valence electrons. The molecular weight excluding hydrogens is 208 g/mol. The van der Waals surface area contributed by atoms with Crippen LogP contribution in [-0.4, -0.2) is 17.8 Å². The molecule has 1 aromatic rings. The average molecular weight is 220 g/mol. The van der Waals surface area contributed by atoms with Crippen molar-refractivity contribution >= 4 is 23.4 Å². The van der Waals surface area contributed by atoms with Gasteiger partial charge >= 0.3 is 0 Å². The van der Waals surface area contributed by atoms with Gasteiger partial charge in [-0.05, 0) is 12.1 Å². The molecule has 1 aliphatic rings. The van der Waals surface area contributed by atoms with Gasteiger partial charge in [0.25, 0.3) is 5.91 Å². The summed E-state index contributed by atoms with van der Waals surface area (Å²) < 4.78 is 0. The van der Waals surface area contributed by atoms with Crippen LogP contribution in [0.3, 0.4) is 0 Å². The van der Waals surface area contributed by atoms with Crippen LogP contribution in [0.25, 0.3) is 0 Å². The predicted molar refractivity (Wildman–Crippen MR) is 62.8 cm³/mol. The van der Waals surface area contributed by atoms with Gasteiger partial charge in [0.15, 0.2) is 0 Å². The molecule has 0 radical (unpaired) electrons. The Labute approximate surface area is 92.9 Å². The van der Waals surface area contributed by atoms with Crippen LogP contribution >= 0.6 is 11.8 Å². The highest BCUT2D eigenvalue weighted by Crippen LogP contribution is 2.36. The van der Waals surface area contributed by atoms with E-state index in [2.05, 4.69) is 6.58 Å². The summed E-state index contributed by atoms with van der Waals surface area (Å²) in [5, 5.41) is -0.500. The van der Waals surface area contributed by atoms with E-state index in [1.807, 2.05) is 24.3 Å². The number of amides is 1. The number of hydrogen-bond acceptors (Lipinski definition) is 3. The number of nitrogens with zero attached hydrogens (tertiary/aromatic N) is 1. The summed E-state index contributed by atoms with van der Waals surface area (Å²) in [4.78, 5) is 14.5. The summed E-state index contributed by atoms with van der Waals surface area (Å²) in [5.41, 5.74) is 6.68. The van der Waals surface area contributed by atoms with Crippen molar-refractivity contribution in [2.24, 2.45) is 5.73 Å². The molecule has 15 heavy (non-hydrogen) atoms. The second-order valence-corrected chi connectivity index (χ2v) is 4.43. The fourth-order valence-corrected chi connectivity index (χ4v) is 2.51. The summed E-state index contributed by atoms with van der Waals surface area (Å²) in [7, 11) is 0. The zero-order valence-electron chi connectivity index (χ0n) is 8.22. The average Bonchev–Trinajstić information content (AvgIpc) is 2.25. The van der Waals surface area contributed by atoms with Crippen molar-refractivity contribution in [3.05, 3.63) is 36.9 Å². The highest BCUT2D eigenvalue weighted by Gasteiger charge is 2.29. The van der Waals surface area contributed by atoms with Crippen molar-refractivity contribution in [2.75, 3.05) is 11.4 Å². The smallest absolute Gasteiger partial charge is 0.254 e. The van der Waals surface area contributed by atoms with E-state index in [9.17, 15) is 4.79 Å². The Bertz CT molecular complexity index is 405. The van der Waals surface area contributed by atoms with E-state index in [0.717, 1.165) is 10.6 Å². The zero-order chi connectivity index (χ0) is 10.8. The van der Waals surface area contributed by atoms with Gasteiger partial charge in [-0.3, -0.25) is 4.79 Å². The topological polar surface area (TPSA) is 46.3 Å². The Hall–Kier alpha value is -1.26. The van der Waals surface area contributed by atoms with Gasteiger partial charge in [0.1, 0.15) is 5.37 Å². The highest BCUT2D eigenvalue weighted by atomic mass is 32.2. The normalized spacial score (nSPS) is 19.9. The molecule has 1 aliphatic heterocycles. The standard InChI is InChI=1S/C11H12N2OS/c1-2-7-13-8-5-3-4-6-9(8)15-10(12)11(13)14/h2-6,10H,1,7,12H2. The van der Waals surface area contributed by atoms with Gasteiger partial charge in [0.2, 0.25) is 0 Å². The first kappa shape index (κ1) is 10.3. The van der Waals surface area contributed by atoms with Gasteiger partial charge in [0, 0.05) is 11.4 Å². The summed E-state index contributed by atoms with van der Waals surface area (Å²) in [6.07, 6.45) is 1.71. The van der Waals surface area contributed by atoms with Crippen LogP contribution in [0.15, 0.2) is 41.8 Å². The first-order valence-electron chi connectivity index (χ1n) is 4.67. The van der Waals surface area contributed by atoms with Crippen molar-refractivity contribution in [1.29, 1.82) is 0 Å². The minimum Gasteiger partial charge on any atom is -0.311 e. The van der Waals surface area contributed by atoms with Crippen molar-refractivity contribution in [3.8, 4) is 0 Å². The third-order valence-electron chi connectivity index (χ3n) is 2.23. The Morgan fingerprint density at radius 2 is 2.27 bits per heavy atom. The molecule has 0 bridgehead atoms. The monoisotopic (exact) mass is 220 g/mol. The number of benzene rings is 1. The molecule has 0 saturated carbocycles. The Kier molecular flexibility index (Phi) is 2.79. The summed E-state index contributed by atoms with van der Waals surface area (Å²) in [6, 6.07) is 7.76. The first-order valence-corrected chi connectivity index (χ1v) is 5.55. The van der Waals surface area contributed by atoms with Crippen LogP contribution in [0.2, 0.25) is 0 Å². The fraction of sp³-hybridized carbons (Fsp3) is 0.182. The van der Waals surface area contributed by atoms with Gasteiger partial charge in [-0.25, -0.2) is 0 Å². The third-order valence-corrected chi connectivity index (χ3v) is 3.29. The van der Waals surface area contributed by atoms with E-state index >= 15 is 0 Å². The molecule has 3 nitrogen and oxygen atoms in total. The summed E-state index contributed by atoms with van der Waals surface area (Å²) in [5.74, 6) is -0.0569. The minimum absolute atomic E-state index is 0.0569. The molecule has 0 saturated heterocycles. The number of nitrogens with two attached hydrogens (primary N) is 1. The molecule has 1 amide bonds. The van der Waals surface area contributed by atoms with E-state index in [0.29, 0.717) is 6.54 Å². The van der Waals surface area contributed by atoms with Gasteiger partial charge in [-0.2, -0.15) is 0 Å². The number of fused-ring (bicyclic) bond motifs is 1. The molecule has 4 heteroatoms. The second-order valence-electron chi connectivity index (χ2n) is 3.24. The molecule has 0 spiro atoms. The third kappa shape index (κ3) is 1.78. The lowest BCUT2D eigenvalue weighted by Gasteiger charge is -2.31. The second kappa shape index (κ2) is 4.08. The maximum atomic E-state index is 11.8. The lowest BCUT2D eigenvalue weighted by Crippen LogP contribution is -2.45. The van der Waals surface area contributed by atoms with Crippen LogP contribution in [0.1, 0.15) is 0 Å². The largest absolute Gasteiger partial charge is 0.311 e. The van der Waals surface area contributed by atoms with Crippen LogP contribution in [0, 0.1) is 0 Å². The molecule has 1 atom stereocenters. The number of para-hydroxylation sites is 1. The van der Waals surface area contributed by atoms with Crippen molar-refractivity contribution in [2.45, 2.75) is 10.3 Å². The fourth-order valence-electron chi connectivity index (χ4n) is 1.56. The number of rotatable bonds is 2. The molecule has 2 rings (SSSR count). The molecule has 2 N–H and O–H groups in total. The number of thioether (sulfide) groups is 1. The lowest BCUT2D eigenvalue weighted by molar-refractivity contribution is -0.118. The van der Waals surface area contributed by atoms with Gasteiger partial charge in [-0.15, -0.1) is 6.58 Å². The number of carbonyl (C=O) groups excluding carboxylic acids is 1. The molecule has 1 aromatic carbocycles. The van der Waals surface area contributed by atoms with Crippen molar-refractivity contribution in [1.82, 2.24) is 0 Å². The maximum Gasteiger partial charge on any atom is 0.254 e. The molecule has 1 heterocycles. The summed E-state index contributed by atoms with van der Waals surface area (Å²) >= 11 is 1.40. The predicted octanol–water partition coefficient (Wildman–Crippen LogP) is 1.60. The molecule has 0 aliphatic carbocycles. The Balaban J connectivity index is 2.44. The lowest BCUT2D eigenvalue weighted by atomic mass is 10.2. The van der Waals surface area contributed by atoms with E-state index in [1.165, 1.54) is 11.8 Å². The SMILES string of the molecule is C=CCN1C(=O)C(N)Sc2ccccc21. The Morgan fingerprint density at radius 3 is 3.00 bits per heavy atom. The van der Waals surface area contributed by atoms with Gasteiger partial charge in [-0.1, -0.05) is 30.0 Å². The van der Waals surface area contributed by atoms with Gasteiger partial charge < -0.3 is 10.6 Å². The minimum atomic E-state index is -0.500. The van der Waals surface area contributed by atoms with Crippen LogP contribution in [-0.2, 0) is 4.79 Å². The van der Waals surface area contributed by atoms with E-state index in [4.69, 9.17) is 5.73 Å². The molecule has 0 aromatic heterocycles.